The van der Waals surface area contributed by atoms with Crippen LogP contribution in [0.5, 0.6) is 0 Å². The number of halogens is 6. The Bertz CT molecular complexity index is 2370. The van der Waals surface area contributed by atoms with Gasteiger partial charge in [-0.2, -0.15) is 45.0 Å². The number of hydrogen-bond donors (Lipinski definition) is 3. The average Bonchev–Trinajstić information content (AvgIpc) is 3.72. The van der Waals surface area contributed by atoms with Crippen LogP contribution < -0.4 is 10.3 Å². The summed E-state index contributed by atoms with van der Waals surface area (Å²) in [4.78, 5) is -0.138. The summed E-state index contributed by atoms with van der Waals surface area (Å²) < 4.78 is 129. The number of nitrogens with zero attached hydrogens (tertiary/aromatic N) is 4. The van der Waals surface area contributed by atoms with Crippen molar-refractivity contribution in [2.24, 2.45) is 10.3 Å². The van der Waals surface area contributed by atoms with E-state index in [0.717, 1.165) is 27.9 Å². The lowest BCUT2D eigenvalue weighted by Crippen LogP contribution is -2.12. The summed E-state index contributed by atoms with van der Waals surface area (Å²) in [7, 11) is -8.06. The van der Waals surface area contributed by atoms with Gasteiger partial charge in [-0.05, 0) is 62.4 Å². The van der Waals surface area contributed by atoms with Gasteiger partial charge in [0, 0.05) is 11.1 Å². The van der Waals surface area contributed by atoms with E-state index in [-0.39, 0.29) is 16.3 Å². The number of para-hydroxylation sites is 1. The first-order chi connectivity index (χ1) is 24.5. The van der Waals surface area contributed by atoms with Gasteiger partial charge in [-0.25, -0.2) is 28.1 Å². The molecule has 53 heavy (non-hydrogen) atoms. The SMILES string of the molecule is Cc1ccc(-c2cc(C(F)(F)F)nn2-c2ccc(S(N)(=O)=O)cc2)cc1.Cc1ccc(-c2cc(C(F)(F)F)nn2-c2ccccc2)cc1.NS(=O)(=O)O. The number of aryl methyl sites for hydroxylation is 2. The maximum absolute atomic E-state index is 13.1. The third-order valence-corrected chi connectivity index (χ3v) is 8.03. The summed E-state index contributed by atoms with van der Waals surface area (Å²) in [5.74, 6) is 0. The Balaban J connectivity index is 0.000000212. The van der Waals surface area contributed by atoms with Crippen molar-refractivity contribution in [1.82, 2.24) is 19.6 Å². The highest BCUT2D eigenvalue weighted by atomic mass is 32.2. The van der Waals surface area contributed by atoms with Gasteiger partial charge in [0.15, 0.2) is 11.4 Å². The van der Waals surface area contributed by atoms with Crippen LogP contribution in [0.15, 0.2) is 120 Å². The molecule has 0 unspecified atom stereocenters. The maximum Gasteiger partial charge on any atom is 0.435 e. The first kappa shape index (κ1) is 40.4. The van der Waals surface area contributed by atoms with Crippen LogP contribution >= 0.6 is 0 Å². The van der Waals surface area contributed by atoms with Gasteiger partial charge >= 0.3 is 22.7 Å². The third kappa shape index (κ3) is 11.3. The first-order valence-corrected chi connectivity index (χ1v) is 18.0. The molecule has 2 aromatic heterocycles. The lowest BCUT2D eigenvalue weighted by atomic mass is 10.1. The third-order valence-electron chi connectivity index (χ3n) is 7.10. The van der Waals surface area contributed by atoms with E-state index in [9.17, 15) is 34.8 Å². The maximum atomic E-state index is 13.1. The second kappa shape index (κ2) is 15.7. The monoisotopic (exact) mass is 780 g/mol. The zero-order chi connectivity index (χ0) is 39.4. The summed E-state index contributed by atoms with van der Waals surface area (Å²) in [5.41, 5.74) is 2.84. The molecule has 0 radical (unpaired) electrons. The molecule has 0 atom stereocenters. The van der Waals surface area contributed by atoms with Crippen molar-refractivity contribution in [3.63, 3.8) is 0 Å². The van der Waals surface area contributed by atoms with E-state index in [0.29, 0.717) is 22.5 Å². The number of hydrogen-bond acceptors (Lipinski definition) is 6. The minimum absolute atomic E-state index is 0.138. The largest absolute Gasteiger partial charge is 0.435 e. The Morgan fingerprint density at radius 2 is 0.906 bits per heavy atom. The predicted molar refractivity (Wildman–Crippen MR) is 185 cm³/mol. The minimum atomic E-state index is -4.61. The molecule has 0 fully saturated rings. The number of alkyl halides is 6. The Morgan fingerprint density at radius 3 is 1.23 bits per heavy atom. The average molecular weight is 781 g/mol. The molecule has 0 aliphatic carbocycles. The zero-order valence-corrected chi connectivity index (χ0v) is 29.2. The lowest BCUT2D eigenvalue weighted by Gasteiger charge is -2.09. The fraction of sp³-hybridized carbons (Fsp3) is 0.118. The van der Waals surface area contributed by atoms with E-state index in [2.05, 4.69) is 15.3 Å². The highest BCUT2D eigenvalue weighted by Crippen LogP contribution is 2.35. The van der Waals surface area contributed by atoms with Crippen molar-refractivity contribution >= 4 is 20.3 Å². The fourth-order valence-corrected chi connectivity index (χ4v) is 5.15. The molecule has 0 spiro atoms. The molecular weight excluding hydrogens is 751 g/mol. The Labute approximate surface area is 300 Å². The molecule has 6 aromatic rings. The van der Waals surface area contributed by atoms with Crippen LogP contribution in [-0.2, 0) is 32.7 Å². The standard InChI is InChI=1S/C17H14F3N3O2S.C17H13F3N2.H3NO3S/c1-11-2-4-12(5-3-11)15-10-16(17(18,19)20)22-23(15)13-6-8-14(9-7-13)26(21,24)25;1-12-7-9-13(10-8-12)15-11-16(17(18,19)20)21-22(15)14-5-3-2-4-6-14;1-5(2,3)4/h2-10H,1H3,(H2,21,24,25);2-11H,1H3;(H3,1,2,3,4). The van der Waals surface area contributed by atoms with E-state index in [1.807, 2.05) is 32.0 Å². The van der Waals surface area contributed by atoms with Crippen molar-refractivity contribution < 1.29 is 47.7 Å². The molecule has 0 saturated heterocycles. The van der Waals surface area contributed by atoms with Crippen LogP contribution in [0.4, 0.5) is 26.3 Å². The van der Waals surface area contributed by atoms with Gasteiger partial charge in [0.1, 0.15) is 0 Å². The van der Waals surface area contributed by atoms with Crippen LogP contribution in [0, 0.1) is 13.8 Å². The van der Waals surface area contributed by atoms with Crippen molar-refractivity contribution in [1.29, 1.82) is 0 Å². The molecule has 0 aliphatic rings. The normalized spacial score (nSPS) is 12.0. The smallest absolute Gasteiger partial charge is 0.274 e. The van der Waals surface area contributed by atoms with Gasteiger partial charge in [-0.3, -0.25) is 4.55 Å². The molecular formula is C34H30F6N6O5S2. The summed E-state index contributed by atoms with van der Waals surface area (Å²) in [6, 6.07) is 30.3. The molecule has 280 valence electrons. The number of sulfonamides is 1. The highest BCUT2D eigenvalue weighted by Gasteiger charge is 2.36. The molecule has 0 saturated carbocycles. The Hall–Kier alpha value is -5.34. The van der Waals surface area contributed by atoms with Gasteiger partial charge in [0.25, 0.3) is 0 Å². The molecule has 4 aromatic carbocycles. The second-order valence-electron chi connectivity index (χ2n) is 11.3. The highest BCUT2D eigenvalue weighted by molar-refractivity contribution is 7.89. The van der Waals surface area contributed by atoms with Crippen LogP contribution in [0.3, 0.4) is 0 Å². The van der Waals surface area contributed by atoms with Crippen molar-refractivity contribution in [2.75, 3.05) is 0 Å². The van der Waals surface area contributed by atoms with E-state index >= 15 is 0 Å². The van der Waals surface area contributed by atoms with Crippen LogP contribution in [0.25, 0.3) is 33.9 Å². The quantitative estimate of drug-likeness (QED) is 0.123. The Morgan fingerprint density at radius 1 is 0.566 bits per heavy atom. The number of primary sulfonamides is 1. The topological polar surface area (TPSA) is 176 Å². The summed E-state index contributed by atoms with van der Waals surface area (Å²) in [6.07, 6.45) is -9.08. The van der Waals surface area contributed by atoms with Crippen LogP contribution in [-0.4, -0.2) is 40.9 Å². The summed E-state index contributed by atoms with van der Waals surface area (Å²) in [6.45, 7) is 3.80. The Kier molecular flexibility index (Phi) is 12.0. The summed E-state index contributed by atoms with van der Waals surface area (Å²) >= 11 is 0. The molecule has 2 heterocycles. The van der Waals surface area contributed by atoms with Crippen molar-refractivity contribution in [3.8, 4) is 33.9 Å². The van der Waals surface area contributed by atoms with Crippen LogP contribution in [0.1, 0.15) is 22.5 Å². The molecule has 6 rings (SSSR count). The van der Waals surface area contributed by atoms with Gasteiger partial charge < -0.3 is 0 Å². The van der Waals surface area contributed by atoms with E-state index in [1.165, 1.54) is 28.9 Å². The van der Waals surface area contributed by atoms with Gasteiger partial charge in [0.05, 0.1) is 27.7 Å². The van der Waals surface area contributed by atoms with Crippen molar-refractivity contribution in [3.05, 3.63) is 138 Å². The van der Waals surface area contributed by atoms with Gasteiger partial charge in [-0.15, -0.1) is 0 Å². The van der Waals surface area contributed by atoms with E-state index < -0.39 is 44.1 Å². The molecule has 0 aliphatic heterocycles. The number of rotatable bonds is 5. The molecule has 0 bridgehead atoms. The lowest BCUT2D eigenvalue weighted by molar-refractivity contribution is -0.142. The number of nitrogens with two attached hydrogens (primary N) is 2. The first-order valence-electron chi connectivity index (χ1n) is 14.9. The van der Waals surface area contributed by atoms with Gasteiger partial charge in [-0.1, -0.05) is 77.9 Å². The molecule has 0 amide bonds. The second-order valence-corrected chi connectivity index (χ2v) is 13.9. The van der Waals surface area contributed by atoms with Crippen LogP contribution in [0.2, 0.25) is 0 Å². The predicted octanol–water partition coefficient (Wildman–Crippen LogP) is 7.13. The molecule has 11 nitrogen and oxygen atoms in total. The number of benzene rings is 4. The zero-order valence-electron chi connectivity index (χ0n) is 27.6. The van der Waals surface area contributed by atoms with E-state index in [4.69, 9.17) is 18.1 Å². The fourth-order valence-electron chi connectivity index (χ4n) is 4.64. The van der Waals surface area contributed by atoms with E-state index in [1.54, 1.807) is 60.7 Å². The molecule has 19 heteroatoms. The summed E-state index contributed by atoms with van der Waals surface area (Å²) in [5, 5.41) is 16.3. The van der Waals surface area contributed by atoms with Gasteiger partial charge in [0.2, 0.25) is 10.0 Å². The van der Waals surface area contributed by atoms with Crippen molar-refractivity contribution in [2.45, 2.75) is 31.1 Å². The minimum Gasteiger partial charge on any atom is -0.274 e. The number of aromatic nitrogens is 4. The molecule has 5 N–H and O–H groups in total.